The number of nitrogens with one attached hydrogen (secondary N) is 1. The van der Waals surface area contributed by atoms with Crippen LogP contribution in [0, 0.1) is 0 Å². The first-order valence-electron chi connectivity index (χ1n) is 5.14. The van der Waals surface area contributed by atoms with E-state index in [9.17, 15) is 9.90 Å². The van der Waals surface area contributed by atoms with Gasteiger partial charge >= 0.3 is 0 Å². The van der Waals surface area contributed by atoms with E-state index in [0.717, 1.165) is 25.7 Å². The van der Waals surface area contributed by atoms with Gasteiger partial charge in [-0.15, -0.1) is 0 Å². The molecule has 1 amide bonds. The number of aliphatic hydroxyl groups is 1. The van der Waals surface area contributed by atoms with E-state index in [1.54, 1.807) is 0 Å². The summed E-state index contributed by atoms with van der Waals surface area (Å²) in [6.45, 7) is 0.422. The van der Waals surface area contributed by atoms with Crippen molar-refractivity contribution in [2.24, 2.45) is 0 Å². The van der Waals surface area contributed by atoms with Crippen molar-refractivity contribution in [3.8, 4) is 0 Å². The highest BCUT2D eigenvalue weighted by Crippen LogP contribution is 2.27. The highest BCUT2D eigenvalue weighted by molar-refractivity contribution is 5.77. The fourth-order valence-corrected chi connectivity index (χ4v) is 1.83. The summed E-state index contributed by atoms with van der Waals surface area (Å²) < 4.78 is 4.68. The van der Waals surface area contributed by atoms with Crippen molar-refractivity contribution in [3.63, 3.8) is 0 Å². The number of rotatable bonds is 4. The third-order valence-corrected chi connectivity index (χ3v) is 2.67. The monoisotopic (exact) mass is 201 g/mol. The maximum Gasteiger partial charge on any atom is 0.246 e. The van der Waals surface area contributed by atoms with E-state index in [2.05, 4.69) is 10.1 Å². The molecule has 0 aliphatic heterocycles. The molecule has 0 heterocycles. The summed E-state index contributed by atoms with van der Waals surface area (Å²) in [5.74, 6) is -0.161. The Morgan fingerprint density at radius 3 is 2.64 bits per heavy atom. The van der Waals surface area contributed by atoms with Gasteiger partial charge < -0.3 is 15.2 Å². The van der Waals surface area contributed by atoms with Crippen LogP contribution in [0.2, 0.25) is 0 Å². The summed E-state index contributed by atoms with van der Waals surface area (Å²) in [7, 11) is 1.48. The van der Waals surface area contributed by atoms with Gasteiger partial charge in [0, 0.05) is 13.7 Å². The Hall–Kier alpha value is -0.610. The molecule has 0 bridgehead atoms. The van der Waals surface area contributed by atoms with E-state index < -0.39 is 5.60 Å². The van der Waals surface area contributed by atoms with Crippen LogP contribution >= 0.6 is 0 Å². The molecule has 4 nitrogen and oxygen atoms in total. The minimum absolute atomic E-state index is 0.0656. The SMILES string of the molecule is COCC(=O)NCC1(O)CCCCC1. The maximum atomic E-state index is 11.1. The number of methoxy groups -OCH3 is 1. The van der Waals surface area contributed by atoms with Crippen molar-refractivity contribution in [3.05, 3.63) is 0 Å². The van der Waals surface area contributed by atoms with Crippen molar-refractivity contribution < 1.29 is 14.6 Å². The van der Waals surface area contributed by atoms with E-state index in [-0.39, 0.29) is 12.5 Å². The van der Waals surface area contributed by atoms with Gasteiger partial charge in [-0.2, -0.15) is 0 Å². The summed E-state index contributed by atoms with van der Waals surface area (Å²) in [6, 6.07) is 0. The predicted molar refractivity (Wildman–Crippen MR) is 52.9 cm³/mol. The molecule has 82 valence electrons. The molecule has 2 N–H and O–H groups in total. The van der Waals surface area contributed by atoms with Crippen LogP contribution in [0.5, 0.6) is 0 Å². The van der Waals surface area contributed by atoms with Crippen LogP contribution < -0.4 is 5.32 Å². The van der Waals surface area contributed by atoms with E-state index >= 15 is 0 Å². The maximum absolute atomic E-state index is 11.1. The number of ether oxygens (including phenoxy) is 1. The van der Waals surface area contributed by atoms with Crippen molar-refractivity contribution >= 4 is 5.91 Å². The summed E-state index contributed by atoms with van der Waals surface area (Å²) in [6.07, 6.45) is 4.88. The van der Waals surface area contributed by atoms with E-state index in [1.807, 2.05) is 0 Å². The Balaban J connectivity index is 2.24. The van der Waals surface area contributed by atoms with Gasteiger partial charge in [-0.25, -0.2) is 0 Å². The highest BCUT2D eigenvalue weighted by atomic mass is 16.5. The van der Waals surface area contributed by atoms with Gasteiger partial charge in [0.25, 0.3) is 0 Å². The molecule has 14 heavy (non-hydrogen) atoms. The molecule has 0 atom stereocenters. The molecule has 1 saturated carbocycles. The van der Waals surface area contributed by atoms with E-state index in [0.29, 0.717) is 6.54 Å². The van der Waals surface area contributed by atoms with Gasteiger partial charge in [-0.05, 0) is 12.8 Å². The average molecular weight is 201 g/mol. The summed E-state index contributed by atoms with van der Waals surface area (Å²) in [4.78, 5) is 11.1. The molecule has 0 aromatic rings. The molecule has 4 heteroatoms. The Morgan fingerprint density at radius 1 is 1.43 bits per heavy atom. The Kier molecular flexibility index (Phi) is 4.35. The first kappa shape index (κ1) is 11.5. The third kappa shape index (κ3) is 3.64. The topological polar surface area (TPSA) is 58.6 Å². The van der Waals surface area contributed by atoms with Crippen LogP contribution in [-0.2, 0) is 9.53 Å². The minimum atomic E-state index is -0.679. The Morgan fingerprint density at radius 2 is 2.07 bits per heavy atom. The molecule has 0 saturated heterocycles. The third-order valence-electron chi connectivity index (χ3n) is 2.67. The first-order chi connectivity index (χ1) is 6.66. The van der Waals surface area contributed by atoms with Crippen molar-refractivity contribution in [1.29, 1.82) is 0 Å². The number of amides is 1. The quantitative estimate of drug-likeness (QED) is 0.694. The molecule has 1 fully saturated rings. The fraction of sp³-hybridized carbons (Fsp3) is 0.900. The van der Waals surface area contributed by atoms with Crippen LogP contribution in [0.3, 0.4) is 0 Å². The van der Waals surface area contributed by atoms with Crippen molar-refractivity contribution in [2.45, 2.75) is 37.7 Å². The predicted octanol–water partition coefficient (Wildman–Crippen LogP) is 0.444. The largest absolute Gasteiger partial charge is 0.388 e. The number of carbonyl (C=O) groups excluding carboxylic acids is 1. The second-order valence-corrected chi connectivity index (χ2v) is 3.99. The summed E-state index contributed by atoms with van der Waals surface area (Å²) >= 11 is 0. The van der Waals surface area contributed by atoms with Crippen molar-refractivity contribution in [2.75, 3.05) is 20.3 Å². The van der Waals surface area contributed by atoms with Gasteiger partial charge in [0.05, 0.1) is 5.60 Å². The second-order valence-electron chi connectivity index (χ2n) is 3.99. The van der Waals surface area contributed by atoms with Gasteiger partial charge in [-0.3, -0.25) is 4.79 Å². The molecule has 1 rings (SSSR count). The molecule has 0 spiro atoms. The highest BCUT2D eigenvalue weighted by Gasteiger charge is 2.29. The molecular formula is C10H19NO3. The summed E-state index contributed by atoms with van der Waals surface area (Å²) in [5.41, 5.74) is -0.679. The fourth-order valence-electron chi connectivity index (χ4n) is 1.83. The molecule has 0 aromatic heterocycles. The Bertz CT molecular complexity index is 188. The van der Waals surface area contributed by atoms with Crippen LogP contribution in [0.25, 0.3) is 0 Å². The van der Waals surface area contributed by atoms with Crippen molar-refractivity contribution in [1.82, 2.24) is 5.32 Å². The lowest BCUT2D eigenvalue weighted by molar-refractivity contribution is -0.126. The minimum Gasteiger partial charge on any atom is -0.388 e. The molecular weight excluding hydrogens is 182 g/mol. The lowest BCUT2D eigenvalue weighted by Crippen LogP contribution is -2.45. The van der Waals surface area contributed by atoms with Gasteiger partial charge in [0.2, 0.25) is 5.91 Å². The number of hydrogen-bond acceptors (Lipinski definition) is 3. The molecule has 0 unspecified atom stereocenters. The average Bonchev–Trinajstić information content (AvgIpc) is 2.17. The standard InChI is InChI=1S/C10H19NO3/c1-14-7-9(12)11-8-10(13)5-3-2-4-6-10/h13H,2-8H2,1H3,(H,11,12). The molecule has 0 aromatic carbocycles. The molecule has 0 radical (unpaired) electrons. The second kappa shape index (κ2) is 5.32. The lowest BCUT2D eigenvalue weighted by atomic mass is 9.85. The lowest BCUT2D eigenvalue weighted by Gasteiger charge is -2.32. The molecule has 1 aliphatic carbocycles. The molecule has 1 aliphatic rings. The zero-order valence-corrected chi connectivity index (χ0v) is 8.71. The Labute approximate surface area is 84.6 Å². The van der Waals surface area contributed by atoms with Crippen LogP contribution in [0.1, 0.15) is 32.1 Å². The van der Waals surface area contributed by atoms with E-state index in [4.69, 9.17) is 0 Å². The smallest absolute Gasteiger partial charge is 0.246 e. The van der Waals surface area contributed by atoms with Gasteiger partial charge in [0.15, 0.2) is 0 Å². The van der Waals surface area contributed by atoms with E-state index in [1.165, 1.54) is 13.5 Å². The first-order valence-corrected chi connectivity index (χ1v) is 5.14. The van der Waals surface area contributed by atoms with Crippen LogP contribution in [0.15, 0.2) is 0 Å². The van der Waals surface area contributed by atoms with Gasteiger partial charge in [0.1, 0.15) is 6.61 Å². The number of carbonyl (C=O) groups is 1. The summed E-state index contributed by atoms with van der Waals surface area (Å²) in [5, 5.41) is 12.7. The zero-order chi connectivity index (χ0) is 10.4. The normalized spacial score (nSPS) is 20.4. The van der Waals surface area contributed by atoms with Gasteiger partial charge in [-0.1, -0.05) is 19.3 Å². The number of hydrogen-bond donors (Lipinski definition) is 2. The van der Waals surface area contributed by atoms with Crippen LogP contribution in [-0.4, -0.2) is 36.9 Å². The van der Waals surface area contributed by atoms with Crippen LogP contribution in [0.4, 0.5) is 0 Å². The zero-order valence-electron chi connectivity index (χ0n) is 8.71.